The number of ether oxygens (including phenoxy) is 3. The third kappa shape index (κ3) is 4.87. The van der Waals surface area contributed by atoms with E-state index in [0.717, 1.165) is 5.75 Å². The van der Waals surface area contributed by atoms with Gasteiger partial charge in [0.1, 0.15) is 19.0 Å². The summed E-state index contributed by atoms with van der Waals surface area (Å²) in [6.45, 7) is 4.67. The number of benzene rings is 1. The first-order valence-electron chi connectivity index (χ1n) is 6.89. The van der Waals surface area contributed by atoms with E-state index in [0.29, 0.717) is 30.7 Å². The standard InChI is InChI=1S/C16H20N2O3/c1-12(2)21-16-14(17)8-9-15(18-16)20-11-10-19-13-6-4-3-5-7-13/h3-9,12H,10-11,17H2,1-2H3. The molecule has 2 N–H and O–H groups in total. The lowest BCUT2D eigenvalue weighted by Gasteiger charge is -2.12. The summed E-state index contributed by atoms with van der Waals surface area (Å²) in [6, 6.07) is 13.0. The zero-order valence-electron chi connectivity index (χ0n) is 12.3. The molecule has 0 saturated carbocycles. The quantitative estimate of drug-likeness (QED) is 0.793. The van der Waals surface area contributed by atoms with E-state index in [1.165, 1.54) is 0 Å². The molecular weight excluding hydrogens is 268 g/mol. The van der Waals surface area contributed by atoms with Crippen molar-refractivity contribution >= 4 is 5.69 Å². The van der Waals surface area contributed by atoms with Crippen LogP contribution in [0.2, 0.25) is 0 Å². The number of nitrogen functional groups attached to an aromatic ring is 1. The second kappa shape index (κ2) is 7.38. The van der Waals surface area contributed by atoms with Gasteiger partial charge in [-0.25, -0.2) is 0 Å². The molecule has 0 saturated heterocycles. The predicted molar refractivity (Wildman–Crippen MR) is 81.8 cm³/mol. The van der Waals surface area contributed by atoms with Gasteiger partial charge in [0.25, 0.3) is 0 Å². The normalized spacial score (nSPS) is 10.4. The summed E-state index contributed by atoms with van der Waals surface area (Å²) < 4.78 is 16.6. The molecule has 0 aliphatic rings. The molecule has 0 atom stereocenters. The summed E-state index contributed by atoms with van der Waals surface area (Å²) in [5.41, 5.74) is 6.30. The third-order valence-corrected chi connectivity index (χ3v) is 2.56. The van der Waals surface area contributed by atoms with Gasteiger partial charge in [0.2, 0.25) is 11.8 Å². The monoisotopic (exact) mass is 288 g/mol. The number of hydrogen-bond donors (Lipinski definition) is 1. The highest BCUT2D eigenvalue weighted by atomic mass is 16.5. The fourth-order valence-corrected chi connectivity index (χ4v) is 1.65. The maximum atomic E-state index is 5.80. The van der Waals surface area contributed by atoms with Crippen LogP contribution in [0, 0.1) is 0 Å². The smallest absolute Gasteiger partial charge is 0.240 e. The van der Waals surface area contributed by atoms with Gasteiger partial charge in [-0.2, -0.15) is 4.98 Å². The Morgan fingerprint density at radius 1 is 1.00 bits per heavy atom. The van der Waals surface area contributed by atoms with Crippen LogP contribution in [-0.2, 0) is 0 Å². The molecule has 0 amide bonds. The second-order valence-electron chi connectivity index (χ2n) is 4.72. The van der Waals surface area contributed by atoms with Crippen molar-refractivity contribution in [1.29, 1.82) is 0 Å². The van der Waals surface area contributed by atoms with Gasteiger partial charge in [0.15, 0.2) is 0 Å². The minimum Gasteiger partial charge on any atom is -0.490 e. The average Bonchev–Trinajstić information content (AvgIpc) is 2.47. The number of nitrogens with zero attached hydrogens (tertiary/aromatic N) is 1. The van der Waals surface area contributed by atoms with Crippen LogP contribution in [0.1, 0.15) is 13.8 Å². The van der Waals surface area contributed by atoms with Gasteiger partial charge < -0.3 is 19.9 Å². The van der Waals surface area contributed by atoms with Crippen LogP contribution < -0.4 is 19.9 Å². The predicted octanol–water partition coefficient (Wildman–Crippen LogP) is 2.91. The van der Waals surface area contributed by atoms with Gasteiger partial charge in [-0.1, -0.05) is 18.2 Å². The van der Waals surface area contributed by atoms with Crippen molar-refractivity contribution in [2.45, 2.75) is 20.0 Å². The lowest BCUT2D eigenvalue weighted by Crippen LogP contribution is -2.12. The topological polar surface area (TPSA) is 66.6 Å². The molecule has 2 rings (SSSR count). The maximum Gasteiger partial charge on any atom is 0.240 e. The van der Waals surface area contributed by atoms with Gasteiger partial charge in [0, 0.05) is 6.07 Å². The summed E-state index contributed by atoms with van der Waals surface area (Å²) in [7, 11) is 0. The van der Waals surface area contributed by atoms with Crippen LogP contribution in [-0.4, -0.2) is 24.3 Å². The van der Waals surface area contributed by atoms with Crippen molar-refractivity contribution in [2.24, 2.45) is 0 Å². The maximum absolute atomic E-state index is 5.80. The van der Waals surface area contributed by atoms with Crippen molar-refractivity contribution in [3.63, 3.8) is 0 Å². The highest BCUT2D eigenvalue weighted by Gasteiger charge is 2.07. The fourth-order valence-electron chi connectivity index (χ4n) is 1.65. The summed E-state index contributed by atoms with van der Waals surface area (Å²) >= 11 is 0. The Labute approximate surface area is 124 Å². The zero-order chi connectivity index (χ0) is 15.1. The molecule has 0 unspecified atom stereocenters. The van der Waals surface area contributed by atoms with Crippen LogP contribution in [0.15, 0.2) is 42.5 Å². The molecule has 1 aromatic carbocycles. The summed E-state index contributed by atoms with van der Waals surface area (Å²) in [5, 5.41) is 0. The molecule has 0 radical (unpaired) electrons. The number of anilines is 1. The van der Waals surface area contributed by atoms with Crippen molar-refractivity contribution in [3.8, 4) is 17.5 Å². The second-order valence-corrected chi connectivity index (χ2v) is 4.72. The van der Waals surface area contributed by atoms with Gasteiger partial charge in [-0.3, -0.25) is 0 Å². The highest BCUT2D eigenvalue weighted by Crippen LogP contribution is 2.23. The largest absolute Gasteiger partial charge is 0.490 e. The van der Waals surface area contributed by atoms with E-state index in [1.807, 2.05) is 44.2 Å². The van der Waals surface area contributed by atoms with E-state index < -0.39 is 0 Å². The van der Waals surface area contributed by atoms with E-state index in [2.05, 4.69) is 4.98 Å². The highest BCUT2D eigenvalue weighted by molar-refractivity contribution is 5.49. The first-order valence-corrected chi connectivity index (χ1v) is 6.89. The van der Waals surface area contributed by atoms with E-state index >= 15 is 0 Å². The van der Waals surface area contributed by atoms with Crippen molar-refractivity contribution in [1.82, 2.24) is 4.98 Å². The minimum absolute atomic E-state index is 0.0106. The minimum atomic E-state index is 0.0106. The molecule has 2 aromatic rings. The van der Waals surface area contributed by atoms with Crippen molar-refractivity contribution < 1.29 is 14.2 Å². The molecule has 1 aromatic heterocycles. The number of aromatic nitrogens is 1. The molecule has 0 fully saturated rings. The van der Waals surface area contributed by atoms with Crippen LogP contribution in [0.4, 0.5) is 5.69 Å². The molecule has 5 nitrogen and oxygen atoms in total. The summed E-state index contributed by atoms with van der Waals surface area (Å²) in [4.78, 5) is 4.23. The number of para-hydroxylation sites is 1. The Morgan fingerprint density at radius 3 is 2.43 bits per heavy atom. The lowest BCUT2D eigenvalue weighted by molar-refractivity contribution is 0.203. The Kier molecular flexibility index (Phi) is 5.26. The zero-order valence-corrected chi connectivity index (χ0v) is 12.3. The molecule has 0 bridgehead atoms. The van der Waals surface area contributed by atoms with Gasteiger partial charge in [0.05, 0.1) is 11.8 Å². The van der Waals surface area contributed by atoms with Gasteiger partial charge in [-0.15, -0.1) is 0 Å². The van der Waals surface area contributed by atoms with Crippen molar-refractivity contribution in [2.75, 3.05) is 18.9 Å². The fraction of sp³-hybridized carbons (Fsp3) is 0.312. The van der Waals surface area contributed by atoms with E-state index in [-0.39, 0.29) is 6.10 Å². The van der Waals surface area contributed by atoms with Crippen LogP contribution in [0.5, 0.6) is 17.5 Å². The Morgan fingerprint density at radius 2 is 1.71 bits per heavy atom. The third-order valence-electron chi connectivity index (χ3n) is 2.56. The average molecular weight is 288 g/mol. The number of pyridine rings is 1. The Bertz CT molecular complexity index is 559. The molecule has 0 spiro atoms. The number of nitrogens with two attached hydrogens (primary N) is 1. The van der Waals surface area contributed by atoms with Crippen LogP contribution >= 0.6 is 0 Å². The Hall–Kier alpha value is -2.43. The molecule has 112 valence electrons. The number of hydrogen-bond acceptors (Lipinski definition) is 5. The van der Waals surface area contributed by atoms with E-state index in [4.69, 9.17) is 19.9 Å². The number of rotatable bonds is 7. The first kappa shape index (κ1) is 15.0. The molecule has 0 aliphatic heterocycles. The Balaban J connectivity index is 1.83. The summed E-state index contributed by atoms with van der Waals surface area (Å²) in [5.74, 6) is 1.68. The van der Waals surface area contributed by atoms with Crippen molar-refractivity contribution in [3.05, 3.63) is 42.5 Å². The van der Waals surface area contributed by atoms with Crippen LogP contribution in [0.25, 0.3) is 0 Å². The molecule has 0 aliphatic carbocycles. The summed E-state index contributed by atoms with van der Waals surface area (Å²) in [6.07, 6.45) is 0.0106. The van der Waals surface area contributed by atoms with Gasteiger partial charge >= 0.3 is 0 Å². The SMILES string of the molecule is CC(C)Oc1nc(OCCOc2ccccc2)ccc1N. The van der Waals surface area contributed by atoms with Gasteiger partial charge in [-0.05, 0) is 32.0 Å². The molecular formula is C16H20N2O3. The molecule has 1 heterocycles. The van der Waals surface area contributed by atoms with E-state index in [9.17, 15) is 0 Å². The van der Waals surface area contributed by atoms with Crippen LogP contribution in [0.3, 0.4) is 0 Å². The first-order chi connectivity index (χ1) is 10.1. The lowest BCUT2D eigenvalue weighted by atomic mass is 10.3. The van der Waals surface area contributed by atoms with E-state index in [1.54, 1.807) is 12.1 Å². The molecule has 21 heavy (non-hydrogen) atoms. The molecule has 5 heteroatoms.